The Morgan fingerprint density at radius 1 is 0.966 bits per heavy atom. The maximum Gasteiger partial charge on any atom is 0.340 e. The molecular formula is C22H25ClN2O4. The Bertz CT molecular complexity index is 871. The van der Waals surface area contributed by atoms with Crippen LogP contribution in [0.4, 0.5) is 5.69 Å². The topological polar surface area (TPSA) is 75.7 Å². The first-order valence-electron chi connectivity index (χ1n) is 9.35. The van der Waals surface area contributed by atoms with Gasteiger partial charge in [-0.25, -0.2) is 4.79 Å². The lowest BCUT2D eigenvalue weighted by atomic mass is 10.1. The fourth-order valence-corrected chi connectivity index (χ4v) is 3.14. The summed E-state index contributed by atoms with van der Waals surface area (Å²) >= 11 is 5.84. The van der Waals surface area contributed by atoms with E-state index in [9.17, 15) is 14.4 Å². The predicted octanol–water partition coefficient (Wildman–Crippen LogP) is 4.39. The van der Waals surface area contributed by atoms with Gasteiger partial charge in [0.05, 0.1) is 11.3 Å². The zero-order valence-electron chi connectivity index (χ0n) is 16.9. The summed E-state index contributed by atoms with van der Waals surface area (Å²) < 4.78 is 5.22. The van der Waals surface area contributed by atoms with E-state index >= 15 is 0 Å². The van der Waals surface area contributed by atoms with Crippen LogP contribution in [0, 0.1) is 0 Å². The number of hydrogen-bond acceptors (Lipinski definition) is 4. The number of benzene rings is 2. The van der Waals surface area contributed by atoms with Crippen LogP contribution in [0.25, 0.3) is 0 Å². The first-order valence-corrected chi connectivity index (χ1v) is 9.72. The maximum absolute atomic E-state index is 12.5. The Balaban J connectivity index is 2.09. The lowest BCUT2D eigenvalue weighted by Crippen LogP contribution is -2.44. The first-order chi connectivity index (χ1) is 13.7. The van der Waals surface area contributed by atoms with Crippen LogP contribution in [0.2, 0.25) is 5.02 Å². The predicted molar refractivity (Wildman–Crippen MR) is 113 cm³/mol. The normalized spacial score (nSPS) is 10.7. The molecule has 29 heavy (non-hydrogen) atoms. The number of halogens is 1. The monoisotopic (exact) mass is 416 g/mol. The molecule has 2 aromatic rings. The second-order valence-corrected chi connectivity index (χ2v) is 7.51. The van der Waals surface area contributed by atoms with Crippen LogP contribution in [-0.2, 0) is 9.53 Å². The molecule has 0 saturated heterocycles. The molecule has 2 amide bonds. The Morgan fingerprint density at radius 2 is 1.55 bits per heavy atom. The van der Waals surface area contributed by atoms with E-state index in [2.05, 4.69) is 5.32 Å². The molecule has 154 valence electrons. The van der Waals surface area contributed by atoms with E-state index in [-0.39, 0.29) is 36.1 Å². The van der Waals surface area contributed by atoms with Crippen molar-refractivity contribution in [2.75, 3.05) is 11.9 Å². The highest BCUT2D eigenvalue weighted by atomic mass is 35.5. The molecule has 2 aromatic carbocycles. The van der Waals surface area contributed by atoms with E-state index in [0.29, 0.717) is 16.3 Å². The van der Waals surface area contributed by atoms with Crippen molar-refractivity contribution in [1.29, 1.82) is 0 Å². The average molecular weight is 417 g/mol. The molecule has 0 radical (unpaired) electrons. The number of anilines is 1. The van der Waals surface area contributed by atoms with Crippen molar-refractivity contribution >= 4 is 35.1 Å². The van der Waals surface area contributed by atoms with E-state index < -0.39 is 5.97 Å². The lowest BCUT2D eigenvalue weighted by Gasteiger charge is -2.30. The van der Waals surface area contributed by atoms with Gasteiger partial charge < -0.3 is 15.0 Å². The minimum atomic E-state index is -0.683. The van der Waals surface area contributed by atoms with E-state index in [4.69, 9.17) is 16.3 Å². The van der Waals surface area contributed by atoms with Crippen LogP contribution in [0.3, 0.4) is 0 Å². The summed E-state index contributed by atoms with van der Waals surface area (Å²) in [5.41, 5.74) is 0.870. The number of para-hydroxylation sites is 1. The van der Waals surface area contributed by atoms with Crippen LogP contribution in [-0.4, -0.2) is 41.4 Å². The molecule has 0 fully saturated rings. The van der Waals surface area contributed by atoms with Crippen molar-refractivity contribution in [3.8, 4) is 0 Å². The van der Waals surface area contributed by atoms with Crippen molar-refractivity contribution in [2.45, 2.75) is 39.8 Å². The number of esters is 1. The third-order valence-electron chi connectivity index (χ3n) is 4.23. The number of nitrogens with zero attached hydrogens (tertiary/aromatic N) is 1. The standard InChI is InChI=1S/C22H25ClN2O4/c1-14(2)25(15(3)4)20(26)13-29-22(28)18-7-5-6-8-19(18)24-21(27)16-9-11-17(23)12-10-16/h5-12,14-15H,13H2,1-4H3,(H,24,27). The summed E-state index contributed by atoms with van der Waals surface area (Å²) in [4.78, 5) is 39.0. The Labute approximate surface area is 175 Å². The van der Waals surface area contributed by atoms with Gasteiger partial charge in [-0.3, -0.25) is 9.59 Å². The molecule has 2 rings (SSSR count). The second-order valence-electron chi connectivity index (χ2n) is 7.07. The van der Waals surface area contributed by atoms with Gasteiger partial charge in [-0.1, -0.05) is 23.7 Å². The Morgan fingerprint density at radius 3 is 2.14 bits per heavy atom. The number of hydrogen-bond donors (Lipinski definition) is 1. The van der Waals surface area contributed by atoms with Gasteiger partial charge >= 0.3 is 5.97 Å². The molecule has 0 aliphatic heterocycles. The van der Waals surface area contributed by atoms with Crippen LogP contribution in [0.15, 0.2) is 48.5 Å². The molecule has 0 bridgehead atoms. The van der Waals surface area contributed by atoms with Crippen LogP contribution in [0.1, 0.15) is 48.4 Å². The van der Waals surface area contributed by atoms with Crippen molar-refractivity contribution in [2.24, 2.45) is 0 Å². The molecule has 1 N–H and O–H groups in total. The highest BCUT2D eigenvalue weighted by molar-refractivity contribution is 6.30. The van der Waals surface area contributed by atoms with Crippen molar-refractivity contribution in [3.05, 3.63) is 64.7 Å². The van der Waals surface area contributed by atoms with E-state index in [0.717, 1.165) is 0 Å². The van der Waals surface area contributed by atoms with Gasteiger partial charge in [0.2, 0.25) is 0 Å². The molecule has 6 nitrogen and oxygen atoms in total. The first kappa shape index (κ1) is 22.4. The number of carbonyl (C=O) groups excluding carboxylic acids is 3. The number of ether oxygens (including phenoxy) is 1. The summed E-state index contributed by atoms with van der Waals surface area (Å²) in [5, 5.41) is 3.22. The molecule has 0 unspecified atom stereocenters. The quantitative estimate of drug-likeness (QED) is 0.679. The van der Waals surface area contributed by atoms with Crippen molar-refractivity contribution < 1.29 is 19.1 Å². The van der Waals surface area contributed by atoms with Crippen molar-refractivity contribution in [3.63, 3.8) is 0 Å². The minimum Gasteiger partial charge on any atom is -0.452 e. The summed E-state index contributed by atoms with van der Waals surface area (Å²) in [6, 6.07) is 12.9. The molecule has 0 spiro atoms. The molecule has 0 heterocycles. The second kappa shape index (κ2) is 10.1. The molecule has 7 heteroatoms. The van der Waals surface area contributed by atoms with Gasteiger partial charge in [-0.15, -0.1) is 0 Å². The number of amides is 2. The Hall–Kier alpha value is -2.86. The SMILES string of the molecule is CC(C)N(C(=O)COC(=O)c1ccccc1NC(=O)c1ccc(Cl)cc1)C(C)C. The lowest BCUT2D eigenvalue weighted by molar-refractivity contribution is -0.138. The third-order valence-corrected chi connectivity index (χ3v) is 4.48. The van der Waals surface area contributed by atoms with Gasteiger partial charge in [-0.05, 0) is 64.1 Å². The van der Waals surface area contributed by atoms with Crippen LogP contribution < -0.4 is 5.32 Å². The van der Waals surface area contributed by atoms with Gasteiger partial charge in [0.15, 0.2) is 6.61 Å². The van der Waals surface area contributed by atoms with Crippen LogP contribution in [0.5, 0.6) is 0 Å². The number of nitrogens with one attached hydrogen (secondary N) is 1. The fraction of sp³-hybridized carbons (Fsp3) is 0.318. The van der Waals surface area contributed by atoms with Gasteiger partial charge in [0, 0.05) is 22.7 Å². The van der Waals surface area contributed by atoms with E-state index in [1.165, 1.54) is 6.07 Å². The van der Waals surface area contributed by atoms with Crippen LogP contribution >= 0.6 is 11.6 Å². The zero-order chi connectivity index (χ0) is 21.6. The smallest absolute Gasteiger partial charge is 0.340 e. The highest BCUT2D eigenvalue weighted by Gasteiger charge is 2.22. The average Bonchev–Trinajstić information content (AvgIpc) is 2.66. The molecule has 0 aromatic heterocycles. The molecule has 0 atom stereocenters. The highest BCUT2D eigenvalue weighted by Crippen LogP contribution is 2.18. The summed E-state index contributed by atoms with van der Waals surface area (Å²) in [5.74, 6) is -1.34. The summed E-state index contributed by atoms with van der Waals surface area (Å²) in [6.07, 6.45) is 0. The maximum atomic E-state index is 12.5. The fourth-order valence-electron chi connectivity index (χ4n) is 3.02. The van der Waals surface area contributed by atoms with Gasteiger partial charge in [-0.2, -0.15) is 0 Å². The summed E-state index contributed by atoms with van der Waals surface area (Å²) in [7, 11) is 0. The van der Waals surface area contributed by atoms with Crippen molar-refractivity contribution in [1.82, 2.24) is 4.90 Å². The number of carbonyl (C=O) groups is 3. The zero-order valence-corrected chi connectivity index (χ0v) is 17.7. The third kappa shape index (κ3) is 6.06. The van der Waals surface area contributed by atoms with E-state index in [1.54, 1.807) is 47.4 Å². The summed E-state index contributed by atoms with van der Waals surface area (Å²) in [6.45, 7) is 7.25. The molecular weight excluding hydrogens is 392 g/mol. The minimum absolute atomic E-state index is 0.00727. The van der Waals surface area contributed by atoms with E-state index in [1.807, 2.05) is 27.7 Å². The molecule has 0 aliphatic carbocycles. The molecule has 0 aliphatic rings. The van der Waals surface area contributed by atoms with Gasteiger partial charge in [0.25, 0.3) is 11.8 Å². The number of rotatable bonds is 7. The van der Waals surface area contributed by atoms with Gasteiger partial charge in [0.1, 0.15) is 0 Å². The Kier molecular flexibility index (Phi) is 7.79. The molecule has 0 saturated carbocycles. The largest absolute Gasteiger partial charge is 0.452 e.